The van der Waals surface area contributed by atoms with E-state index in [1.807, 2.05) is 4.52 Å². The fourth-order valence-electron chi connectivity index (χ4n) is 3.68. The van der Waals surface area contributed by atoms with Gasteiger partial charge in [0.25, 0.3) is 5.78 Å². The third kappa shape index (κ3) is 2.18. The van der Waals surface area contributed by atoms with E-state index in [1.165, 1.54) is 49.6 Å². The Labute approximate surface area is 124 Å². The number of piperazine rings is 1. The molecule has 6 heteroatoms. The van der Waals surface area contributed by atoms with Gasteiger partial charge in [0.15, 0.2) is 0 Å². The molecule has 0 bridgehead atoms. The predicted octanol–water partition coefficient (Wildman–Crippen LogP) is -0.272. The molecule has 3 heterocycles. The minimum Gasteiger partial charge on any atom is -0.345 e. The van der Waals surface area contributed by atoms with Crippen LogP contribution in [0, 0.1) is 0 Å². The maximum Gasteiger partial charge on any atom is 0.254 e. The molecule has 0 spiro atoms. The van der Waals surface area contributed by atoms with Crippen molar-refractivity contribution in [2.75, 3.05) is 37.6 Å². The molecule has 0 unspecified atom stereocenters. The molecule has 112 valence electrons. The third-order valence-electron chi connectivity index (χ3n) is 4.94. The van der Waals surface area contributed by atoms with Crippen molar-refractivity contribution in [1.29, 1.82) is 0 Å². The van der Waals surface area contributed by atoms with Crippen molar-refractivity contribution in [1.82, 2.24) is 19.6 Å². The highest BCUT2D eigenvalue weighted by molar-refractivity contribution is 5.55. The summed E-state index contributed by atoms with van der Waals surface area (Å²) in [6.07, 6.45) is 6.37. The van der Waals surface area contributed by atoms with E-state index < -0.39 is 0 Å². The van der Waals surface area contributed by atoms with Crippen LogP contribution in [0.1, 0.15) is 31.0 Å². The number of nitrogens with zero attached hydrogens (tertiary/aromatic N) is 5. The van der Waals surface area contributed by atoms with Crippen LogP contribution in [0.25, 0.3) is 5.78 Å². The normalized spacial score (nSPS) is 20.0. The Morgan fingerprint density at radius 3 is 2.81 bits per heavy atom. The lowest BCUT2D eigenvalue weighted by atomic mass is 9.96. The third-order valence-corrected chi connectivity index (χ3v) is 4.94. The lowest BCUT2D eigenvalue weighted by Gasteiger charge is -2.35. The lowest BCUT2D eigenvalue weighted by molar-refractivity contribution is -0.898. The molecule has 4 rings (SSSR count). The molecular formula is C15H23N6+. The fraction of sp³-hybridized carbons (Fsp3) is 0.667. The number of aryl methyl sites for hydroxylation is 1. The zero-order valence-electron chi connectivity index (χ0n) is 12.7. The minimum atomic E-state index is 0.760. The van der Waals surface area contributed by atoms with Crippen LogP contribution < -0.4 is 9.80 Å². The average Bonchev–Trinajstić information content (AvgIpc) is 3.00. The molecule has 0 atom stereocenters. The largest absolute Gasteiger partial charge is 0.345 e. The monoisotopic (exact) mass is 287 g/mol. The van der Waals surface area contributed by atoms with E-state index in [9.17, 15) is 0 Å². The number of rotatable bonds is 2. The minimum absolute atomic E-state index is 0.760. The number of nitrogens with one attached hydrogen (secondary N) is 1. The molecule has 0 saturated carbocycles. The summed E-state index contributed by atoms with van der Waals surface area (Å²) in [5.41, 5.74) is 2.67. The maximum absolute atomic E-state index is 4.72. The van der Waals surface area contributed by atoms with Gasteiger partial charge in [-0.3, -0.25) is 0 Å². The second-order valence-electron chi connectivity index (χ2n) is 6.13. The van der Waals surface area contributed by atoms with E-state index >= 15 is 0 Å². The van der Waals surface area contributed by atoms with Gasteiger partial charge < -0.3 is 9.80 Å². The molecule has 6 nitrogen and oxygen atoms in total. The molecular weight excluding hydrogens is 264 g/mol. The maximum atomic E-state index is 4.72. The number of hydrogen-bond donors (Lipinski definition) is 1. The van der Waals surface area contributed by atoms with E-state index in [0.29, 0.717) is 0 Å². The summed E-state index contributed by atoms with van der Waals surface area (Å²) in [6.45, 7) is 8.13. The molecule has 0 radical (unpaired) electrons. The molecule has 2 aromatic rings. The van der Waals surface area contributed by atoms with Crippen molar-refractivity contribution in [3.63, 3.8) is 0 Å². The van der Waals surface area contributed by atoms with Crippen LogP contribution in [0.5, 0.6) is 0 Å². The molecule has 0 amide bonds. The first-order valence-corrected chi connectivity index (χ1v) is 8.17. The first-order chi connectivity index (χ1) is 10.4. The molecule has 1 N–H and O–H groups in total. The number of aromatic nitrogens is 4. The summed E-state index contributed by atoms with van der Waals surface area (Å²) < 4.78 is 1.96. The summed E-state index contributed by atoms with van der Waals surface area (Å²) in [5.74, 6) is 2.03. The standard InChI is InChI=1S/C15H22N6/c1-2-19-7-9-20(10-8-19)14-12-5-3-4-6-13(12)18-15-16-11-17-21(14)15/h11H,2-10H2,1H3/p+1. The van der Waals surface area contributed by atoms with Gasteiger partial charge in [-0.25, -0.2) is 4.98 Å². The quantitative estimate of drug-likeness (QED) is 0.826. The Morgan fingerprint density at radius 1 is 1.19 bits per heavy atom. The Kier molecular flexibility index (Phi) is 3.25. The highest BCUT2D eigenvalue weighted by atomic mass is 15.4. The number of hydrogen-bond acceptors (Lipinski definition) is 4. The highest BCUT2D eigenvalue weighted by Gasteiger charge is 2.27. The molecule has 2 aromatic heterocycles. The molecule has 21 heavy (non-hydrogen) atoms. The SMILES string of the molecule is CC[NH+]1CCN(c2c3c(nc4ncnn24)CCCC3)CC1. The Bertz CT molecular complexity index is 641. The molecule has 1 aliphatic carbocycles. The first kappa shape index (κ1) is 13.0. The highest BCUT2D eigenvalue weighted by Crippen LogP contribution is 2.29. The number of fused-ring (bicyclic) bond motifs is 2. The summed E-state index contributed by atoms with van der Waals surface area (Å²) >= 11 is 0. The van der Waals surface area contributed by atoms with E-state index in [-0.39, 0.29) is 0 Å². The van der Waals surface area contributed by atoms with Gasteiger partial charge in [-0.2, -0.15) is 14.6 Å². The van der Waals surface area contributed by atoms with Crippen LogP contribution in [0.4, 0.5) is 5.82 Å². The van der Waals surface area contributed by atoms with E-state index in [2.05, 4.69) is 21.9 Å². The summed E-state index contributed by atoms with van der Waals surface area (Å²) in [7, 11) is 0. The zero-order chi connectivity index (χ0) is 14.2. The molecule has 0 aromatic carbocycles. The predicted molar refractivity (Wildman–Crippen MR) is 80.9 cm³/mol. The Balaban J connectivity index is 1.77. The van der Waals surface area contributed by atoms with Gasteiger partial charge in [0.05, 0.1) is 38.4 Å². The van der Waals surface area contributed by atoms with Crippen molar-refractivity contribution in [3.05, 3.63) is 17.6 Å². The van der Waals surface area contributed by atoms with E-state index in [4.69, 9.17) is 4.98 Å². The number of quaternary nitrogens is 1. The Hall–Kier alpha value is -1.69. The lowest BCUT2D eigenvalue weighted by Crippen LogP contribution is -3.14. The first-order valence-electron chi connectivity index (χ1n) is 8.17. The zero-order valence-corrected chi connectivity index (χ0v) is 12.7. The van der Waals surface area contributed by atoms with Crippen LogP contribution in [0.15, 0.2) is 6.33 Å². The van der Waals surface area contributed by atoms with Crippen molar-refractivity contribution >= 4 is 11.6 Å². The topological polar surface area (TPSA) is 50.8 Å². The van der Waals surface area contributed by atoms with Gasteiger partial charge in [-0.1, -0.05) is 0 Å². The summed E-state index contributed by atoms with van der Waals surface area (Å²) in [4.78, 5) is 13.2. The molecule has 1 saturated heterocycles. The fourth-order valence-corrected chi connectivity index (χ4v) is 3.68. The second kappa shape index (κ2) is 5.26. The van der Waals surface area contributed by atoms with Gasteiger partial charge in [0.1, 0.15) is 12.1 Å². The van der Waals surface area contributed by atoms with Gasteiger partial charge in [0, 0.05) is 5.56 Å². The van der Waals surface area contributed by atoms with Crippen LogP contribution in [-0.2, 0) is 12.8 Å². The van der Waals surface area contributed by atoms with Crippen molar-refractivity contribution in [2.45, 2.75) is 32.6 Å². The van der Waals surface area contributed by atoms with Crippen LogP contribution in [0.2, 0.25) is 0 Å². The smallest absolute Gasteiger partial charge is 0.254 e. The second-order valence-corrected chi connectivity index (χ2v) is 6.13. The van der Waals surface area contributed by atoms with Crippen LogP contribution >= 0.6 is 0 Å². The van der Waals surface area contributed by atoms with Gasteiger partial charge in [0.2, 0.25) is 0 Å². The van der Waals surface area contributed by atoms with Crippen molar-refractivity contribution in [3.8, 4) is 0 Å². The van der Waals surface area contributed by atoms with Gasteiger partial charge >= 0.3 is 0 Å². The number of anilines is 1. The van der Waals surface area contributed by atoms with Crippen LogP contribution in [0.3, 0.4) is 0 Å². The Morgan fingerprint density at radius 2 is 2.00 bits per heavy atom. The van der Waals surface area contributed by atoms with E-state index in [1.54, 1.807) is 11.2 Å². The van der Waals surface area contributed by atoms with Crippen molar-refractivity contribution < 1.29 is 4.90 Å². The molecule has 1 fully saturated rings. The number of likely N-dealkylation sites (N-methyl/N-ethyl adjacent to an activating group) is 1. The summed E-state index contributed by atoms with van der Waals surface area (Å²) in [6, 6.07) is 0. The molecule has 2 aliphatic rings. The van der Waals surface area contributed by atoms with E-state index in [0.717, 1.165) is 31.7 Å². The van der Waals surface area contributed by atoms with Gasteiger partial charge in [-0.15, -0.1) is 0 Å². The summed E-state index contributed by atoms with van der Waals surface area (Å²) in [5, 5.41) is 4.44. The average molecular weight is 287 g/mol. The molecule has 1 aliphatic heterocycles. The van der Waals surface area contributed by atoms with Crippen LogP contribution in [-0.4, -0.2) is 52.3 Å². The van der Waals surface area contributed by atoms with Crippen molar-refractivity contribution in [2.24, 2.45) is 0 Å². The van der Waals surface area contributed by atoms with Gasteiger partial charge in [-0.05, 0) is 32.6 Å².